The first-order valence-electron chi connectivity index (χ1n) is 9.54. The lowest BCUT2D eigenvalue weighted by molar-refractivity contribution is 0.0382. The summed E-state index contributed by atoms with van der Waals surface area (Å²) >= 11 is 5.73. The summed E-state index contributed by atoms with van der Waals surface area (Å²) < 4.78 is 46.5. The van der Waals surface area contributed by atoms with Gasteiger partial charge in [0.1, 0.15) is 17.3 Å². The van der Waals surface area contributed by atoms with Gasteiger partial charge in [-0.2, -0.15) is 0 Å². The maximum Gasteiger partial charge on any atom is 0.253 e. The number of piperidine rings is 1. The first kappa shape index (κ1) is 21.4. The van der Waals surface area contributed by atoms with Crippen molar-refractivity contribution in [1.82, 2.24) is 9.88 Å². The van der Waals surface area contributed by atoms with Crippen LogP contribution >= 0.6 is 11.6 Å². The van der Waals surface area contributed by atoms with Crippen molar-refractivity contribution in [3.05, 3.63) is 58.7 Å². The van der Waals surface area contributed by atoms with Crippen molar-refractivity contribution >= 4 is 17.5 Å². The van der Waals surface area contributed by atoms with Crippen LogP contribution in [0.25, 0.3) is 0 Å². The van der Waals surface area contributed by atoms with E-state index in [0.29, 0.717) is 50.4 Å². The number of carbonyl (C=O) groups excluding carboxylic acids is 1. The number of unbranched alkanes of at least 4 members (excludes halogenated alkanes) is 1. The quantitative estimate of drug-likeness (QED) is 0.571. The van der Waals surface area contributed by atoms with Crippen molar-refractivity contribution in [2.24, 2.45) is 0 Å². The highest BCUT2D eigenvalue weighted by molar-refractivity contribution is 6.31. The molecule has 0 unspecified atom stereocenters. The number of hydrogen-bond donors (Lipinski definition) is 0. The molecule has 1 fully saturated rings. The van der Waals surface area contributed by atoms with Gasteiger partial charge >= 0.3 is 0 Å². The van der Waals surface area contributed by atoms with Crippen molar-refractivity contribution in [2.45, 2.75) is 37.8 Å². The van der Waals surface area contributed by atoms with Crippen LogP contribution in [-0.2, 0) is 0 Å². The van der Waals surface area contributed by atoms with Gasteiger partial charge in [-0.25, -0.2) is 18.2 Å². The van der Waals surface area contributed by atoms with Gasteiger partial charge in [0.05, 0.1) is 17.8 Å². The minimum atomic E-state index is -1.31. The molecule has 4 nitrogen and oxygen atoms in total. The Hall–Kier alpha value is -2.28. The fraction of sp³-hybridized carbons (Fsp3) is 0.429. The van der Waals surface area contributed by atoms with Crippen LogP contribution in [-0.4, -0.2) is 41.2 Å². The maximum atomic E-state index is 15.0. The average Bonchev–Trinajstić information content (AvgIpc) is 2.71. The summed E-state index contributed by atoms with van der Waals surface area (Å²) in [4.78, 5) is 17.9. The minimum Gasteiger partial charge on any atom is -0.478 e. The number of halogens is 4. The summed E-state index contributed by atoms with van der Waals surface area (Å²) in [5.41, 5.74) is -1.01. The lowest BCUT2D eigenvalue weighted by atomic mass is 9.88. The molecular formula is C21H22ClF3N2O2. The predicted octanol–water partition coefficient (Wildman–Crippen LogP) is 5.21. The third kappa shape index (κ3) is 5.85. The largest absolute Gasteiger partial charge is 0.478 e. The summed E-state index contributed by atoms with van der Waals surface area (Å²) in [6.07, 6.45) is 3.28. The molecule has 29 heavy (non-hydrogen) atoms. The van der Waals surface area contributed by atoms with Crippen LogP contribution in [0.2, 0.25) is 5.02 Å². The topological polar surface area (TPSA) is 42.4 Å². The molecule has 1 aliphatic rings. The van der Waals surface area contributed by atoms with E-state index >= 15 is 4.39 Å². The number of likely N-dealkylation sites (tertiary alicyclic amines) is 1. The third-order valence-electron chi connectivity index (χ3n) is 5.08. The standard InChI is InChI=1S/C21H22ClF3N2O2/c22-17-13-15(3-5-18(17)24)20(28)27-10-8-21(25,9-11-27)7-1-2-12-29-19-6-4-16(23)14-26-19/h3-6,13-14H,1-2,7-12H2. The number of benzene rings is 1. The molecule has 2 heterocycles. The summed E-state index contributed by atoms with van der Waals surface area (Å²) in [5, 5.41) is -0.106. The van der Waals surface area contributed by atoms with Crippen LogP contribution in [0, 0.1) is 11.6 Å². The SMILES string of the molecule is O=C(c1ccc(F)c(Cl)c1)N1CCC(F)(CCCCOc2ccc(F)cn2)CC1. The zero-order valence-electron chi connectivity index (χ0n) is 15.8. The first-order chi connectivity index (χ1) is 13.9. The Balaban J connectivity index is 1.40. The number of alkyl halides is 1. The Kier molecular flexibility index (Phi) is 7.00. The molecule has 0 radical (unpaired) electrons. The van der Waals surface area contributed by atoms with E-state index in [1.165, 1.54) is 24.3 Å². The smallest absolute Gasteiger partial charge is 0.253 e. The van der Waals surface area contributed by atoms with E-state index in [2.05, 4.69) is 4.98 Å². The fourth-order valence-electron chi connectivity index (χ4n) is 3.34. The number of hydrogen-bond acceptors (Lipinski definition) is 3. The maximum absolute atomic E-state index is 15.0. The molecule has 0 N–H and O–H groups in total. The number of pyridine rings is 1. The molecule has 3 rings (SSSR count). The number of ether oxygens (including phenoxy) is 1. The molecule has 1 aromatic carbocycles. The van der Waals surface area contributed by atoms with Gasteiger partial charge in [0.25, 0.3) is 5.91 Å². The molecule has 2 aromatic rings. The number of rotatable bonds is 7. The average molecular weight is 427 g/mol. The molecule has 1 aromatic heterocycles. The number of amides is 1. The second kappa shape index (κ2) is 9.48. The van der Waals surface area contributed by atoms with E-state index in [4.69, 9.17) is 16.3 Å². The molecule has 156 valence electrons. The van der Waals surface area contributed by atoms with Gasteiger partial charge < -0.3 is 9.64 Å². The van der Waals surface area contributed by atoms with Gasteiger partial charge in [0, 0.05) is 24.7 Å². The highest BCUT2D eigenvalue weighted by Crippen LogP contribution is 2.32. The molecule has 1 amide bonds. The van der Waals surface area contributed by atoms with Crippen LogP contribution < -0.4 is 4.74 Å². The molecule has 1 aliphatic heterocycles. The van der Waals surface area contributed by atoms with Gasteiger partial charge in [-0.15, -0.1) is 0 Å². The zero-order chi connectivity index (χ0) is 20.9. The van der Waals surface area contributed by atoms with Crippen molar-refractivity contribution in [1.29, 1.82) is 0 Å². The Labute approximate surface area is 172 Å². The molecule has 1 saturated heterocycles. The van der Waals surface area contributed by atoms with Crippen LogP contribution in [0.15, 0.2) is 36.5 Å². The first-order valence-corrected chi connectivity index (χ1v) is 9.92. The molecular weight excluding hydrogens is 405 g/mol. The van der Waals surface area contributed by atoms with Crippen molar-refractivity contribution in [3.8, 4) is 5.88 Å². The second-order valence-electron chi connectivity index (χ2n) is 7.19. The van der Waals surface area contributed by atoms with E-state index in [1.807, 2.05) is 0 Å². The molecule has 0 saturated carbocycles. The van der Waals surface area contributed by atoms with Gasteiger partial charge in [-0.3, -0.25) is 4.79 Å². The normalized spacial score (nSPS) is 15.9. The highest BCUT2D eigenvalue weighted by atomic mass is 35.5. The Morgan fingerprint density at radius 3 is 2.59 bits per heavy atom. The van der Waals surface area contributed by atoms with Crippen LogP contribution in [0.5, 0.6) is 5.88 Å². The van der Waals surface area contributed by atoms with Crippen LogP contribution in [0.4, 0.5) is 13.2 Å². The third-order valence-corrected chi connectivity index (χ3v) is 5.37. The van der Waals surface area contributed by atoms with Gasteiger partial charge in [-0.1, -0.05) is 11.6 Å². The Bertz CT molecular complexity index is 840. The molecule has 0 atom stereocenters. The lowest BCUT2D eigenvalue weighted by Crippen LogP contribution is -2.44. The van der Waals surface area contributed by atoms with Crippen molar-refractivity contribution < 1.29 is 22.7 Å². The van der Waals surface area contributed by atoms with Crippen LogP contribution in [0.1, 0.15) is 42.5 Å². The van der Waals surface area contributed by atoms with Crippen molar-refractivity contribution in [3.63, 3.8) is 0 Å². The van der Waals surface area contributed by atoms with E-state index < -0.39 is 17.3 Å². The second-order valence-corrected chi connectivity index (χ2v) is 7.60. The number of carbonyl (C=O) groups is 1. The van der Waals surface area contributed by atoms with Gasteiger partial charge in [-0.05, 0) is 56.4 Å². The summed E-state index contributed by atoms with van der Waals surface area (Å²) in [5.74, 6) is -0.934. The minimum absolute atomic E-state index is 0.106. The summed E-state index contributed by atoms with van der Waals surface area (Å²) in [6.45, 7) is 0.991. The predicted molar refractivity (Wildman–Crippen MR) is 104 cm³/mol. The van der Waals surface area contributed by atoms with E-state index in [1.54, 1.807) is 4.90 Å². The number of aromatic nitrogens is 1. The van der Waals surface area contributed by atoms with Crippen LogP contribution in [0.3, 0.4) is 0 Å². The molecule has 0 spiro atoms. The van der Waals surface area contributed by atoms with Crippen molar-refractivity contribution in [2.75, 3.05) is 19.7 Å². The summed E-state index contributed by atoms with van der Waals surface area (Å²) in [7, 11) is 0. The molecule has 8 heteroatoms. The highest BCUT2D eigenvalue weighted by Gasteiger charge is 2.35. The Morgan fingerprint density at radius 1 is 1.17 bits per heavy atom. The van der Waals surface area contributed by atoms with Gasteiger partial charge in [0.15, 0.2) is 0 Å². The van der Waals surface area contributed by atoms with Gasteiger partial charge in [0.2, 0.25) is 5.88 Å². The fourth-order valence-corrected chi connectivity index (χ4v) is 3.52. The van der Waals surface area contributed by atoms with E-state index in [-0.39, 0.29) is 23.8 Å². The molecule has 0 aliphatic carbocycles. The monoisotopic (exact) mass is 426 g/mol. The van der Waals surface area contributed by atoms with E-state index in [9.17, 15) is 13.6 Å². The Morgan fingerprint density at radius 2 is 1.93 bits per heavy atom. The summed E-state index contributed by atoms with van der Waals surface area (Å²) in [6, 6.07) is 6.56. The zero-order valence-corrected chi connectivity index (χ0v) is 16.6. The van der Waals surface area contributed by atoms with E-state index in [0.717, 1.165) is 12.3 Å². The number of nitrogens with zero attached hydrogens (tertiary/aromatic N) is 2. The lowest BCUT2D eigenvalue weighted by Gasteiger charge is -2.36. The molecule has 0 bridgehead atoms.